The van der Waals surface area contributed by atoms with Gasteiger partial charge in [-0.1, -0.05) is 48.0 Å². The molecule has 0 spiro atoms. The predicted molar refractivity (Wildman–Crippen MR) is 96.1 cm³/mol. The SMILES string of the molecule is O=C(Nc1cccc(Cl)c1F)N1CCC(C(O)c2ccccc2)CC1. The second kappa shape index (κ2) is 7.85. The first-order valence-electron chi connectivity index (χ1n) is 8.29. The number of halogens is 2. The van der Waals surface area contributed by atoms with Crippen LogP contribution in [0.1, 0.15) is 24.5 Å². The average molecular weight is 363 g/mol. The van der Waals surface area contributed by atoms with E-state index < -0.39 is 11.9 Å². The number of hydrogen-bond acceptors (Lipinski definition) is 2. The third-order valence-corrected chi connectivity index (χ3v) is 4.90. The third-order valence-electron chi connectivity index (χ3n) is 4.61. The van der Waals surface area contributed by atoms with Crippen molar-refractivity contribution in [1.82, 2.24) is 4.90 Å². The fourth-order valence-electron chi connectivity index (χ4n) is 3.14. The topological polar surface area (TPSA) is 52.6 Å². The highest BCUT2D eigenvalue weighted by Gasteiger charge is 2.28. The molecule has 2 amide bonds. The fourth-order valence-corrected chi connectivity index (χ4v) is 3.31. The van der Waals surface area contributed by atoms with Crippen LogP contribution in [0.3, 0.4) is 0 Å². The Balaban J connectivity index is 1.57. The number of carbonyl (C=O) groups excluding carboxylic acids is 1. The maximum absolute atomic E-state index is 13.9. The number of nitrogens with zero attached hydrogens (tertiary/aromatic N) is 1. The molecule has 3 rings (SSSR count). The molecule has 25 heavy (non-hydrogen) atoms. The summed E-state index contributed by atoms with van der Waals surface area (Å²) in [6, 6.07) is 13.7. The number of carbonyl (C=O) groups is 1. The van der Waals surface area contributed by atoms with Crippen LogP contribution >= 0.6 is 11.6 Å². The van der Waals surface area contributed by atoms with Gasteiger partial charge >= 0.3 is 6.03 Å². The fraction of sp³-hybridized carbons (Fsp3) is 0.316. The second-order valence-corrected chi connectivity index (χ2v) is 6.62. The molecule has 1 aliphatic rings. The van der Waals surface area contributed by atoms with E-state index in [1.807, 2.05) is 30.3 Å². The van der Waals surface area contributed by atoms with Gasteiger partial charge in [-0.3, -0.25) is 0 Å². The Hall–Kier alpha value is -2.11. The number of hydrogen-bond donors (Lipinski definition) is 2. The summed E-state index contributed by atoms with van der Waals surface area (Å²) in [5.41, 5.74) is 0.968. The highest BCUT2D eigenvalue weighted by molar-refractivity contribution is 6.31. The zero-order valence-electron chi connectivity index (χ0n) is 13.7. The van der Waals surface area contributed by atoms with Crippen LogP contribution in [-0.2, 0) is 0 Å². The first kappa shape index (κ1) is 17.7. The number of nitrogens with one attached hydrogen (secondary N) is 1. The zero-order valence-corrected chi connectivity index (χ0v) is 14.4. The average Bonchev–Trinajstić information content (AvgIpc) is 2.65. The molecular weight excluding hydrogens is 343 g/mol. The predicted octanol–water partition coefficient (Wildman–Crippen LogP) is 4.46. The van der Waals surface area contributed by atoms with Crippen molar-refractivity contribution in [3.63, 3.8) is 0 Å². The summed E-state index contributed by atoms with van der Waals surface area (Å²) in [6.45, 7) is 1.03. The Morgan fingerprint density at radius 3 is 2.52 bits per heavy atom. The number of likely N-dealkylation sites (tertiary alicyclic amines) is 1. The van der Waals surface area contributed by atoms with Gasteiger partial charge in [-0.2, -0.15) is 0 Å². The summed E-state index contributed by atoms with van der Waals surface area (Å²) in [4.78, 5) is 14.0. The summed E-state index contributed by atoms with van der Waals surface area (Å²) >= 11 is 5.73. The summed E-state index contributed by atoms with van der Waals surface area (Å²) in [5.74, 6) is -0.527. The second-order valence-electron chi connectivity index (χ2n) is 6.21. The smallest absolute Gasteiger partial charge is 0.321 e. The molecule has 2 N–H and O–H groups in total. The van der Waals surface area contributed by atoms with Gasteiger partial charge in [0.25, 0.3) is 0 Å². The minimum Gasteiger partial charge on any atom is -0.388 e. The highest BCUT2D eigenvalue weighted by Crippen LogP contribution is 2.31. The van der Waals surface area contributed by atoms with Gasteiger partial charge in [0.05, 0.1) is 16.8 Å². The van der Waals surface area contributed by atoms with Crippen molar-refractivity contribution in [3.05, 3.63) is 64.9 Å². The van der Waals surface area contributed by atoms with Gasteiger partial charge in [-0.15, -0.1) is 0 Å². The summed E-state index contributed by atoms with van der Waals surface area (Å²) < 4.78 is 13.9. The normalized spacial score (nSPS) is 16.5. The van der Waals surface area contributed by atoms with E-state index in [1.54, 1.807) is 11.0 Å². The Morgan fingerprint density at radius 2 is 1.84 bits per heavy atom. The van der Waals surface area contributed by atoms with E-state index >= 15 is 0 Å². The molecule has 1 heterocycles. The van der Waals surface area contributed by atoms with E-state index in [1.165, 1.54) is 12.1 Å². The summed E-state index contributed by atoms with van der Waals surface area (Å²) in [6.07, 6.45) is 0.861. The van der Waals surface area contributed by atoms with Crippen molar-refractivity contribution < 1.29 is 14.3 Å². The monoisotopic (exact) mass is 362 g/mol. The molecule has 1 saturated heterocycles. The van der Waals surface area contributed by atoms with Crippen LogP contribution < -0.4 is 5.32 Å². The third kappa shape index (κ3) is 4.11. The number of aliphatic hydroxyl groups excluding tert-OH is 1. The van der Waals surface area contributed by atoms with E-state index in [0.29, 0.717) is 25.9 Å². The molecule has 0 bridgehead atoms. The molecule has 1 unspecified atom stereocenters. The molecule has 2 aromatic rings. The molecule has 0 aromatic heterocycles. The minimum absolute atomic E-state index is 0.0255. The van der Waals surface area contributed by atoms with E-state index in [9.17, 15) is 14.3 Å². The zero-order chi connectivity index (χ0) is 17.8. The van der Waals surface area contributed by atoms with Crippen molar-refractivity contribution in [2.45, 2.75) is 18.9 Å². The number of rotatable bonds is 3. The van der Waals surface area contributed by atoms with Crippen molar-refractivity contribution in [2.75, 3.05) is 18.4 Å². The minimum atomic E-state index is -0.632. The van der Waals surface area contributed by atoms with Crippen LogP contribution in [0.15, 0.2) is 48.5 Å². The molecule has 4 nitrogen and oxygen atoms in total. The van der Waals surface area contributed by atoms with Crippen LogP contribution in [0.5, 0.6) is 0 Å². The lowest BCUT2D eigenvalue weighted by molar-refractivity contribution is 0.0683. The molecule has 1 atom stereocenters. The first-order valence-corrected chi connectivity index (χ1v) is 8.67. The first-order chi connectivity index (χ1) is 12.1. The molecule has 0 radical (unpaired) electrons. The molecule has 2 aromatic carbocycles. The molecule has 1 fully saturated rings. The van der Waals surface area contributed by atoms with Crippen LogP contribution in [0.25, 0.3) is 0 Å². The van der Waals surface area contributed by atoms with Crippen molar-refractivity contribution in [1.29, 1.82) is 0 Å². The van der Waals surface area contributed by atoms with E-state index in [2.05, 4.69) is 5.32 Å². The number of piperidine rings is 1. The lowest BCUT2D eigenvalue weighted by atomic mass is 9.87. The Labute approximate surface area is 151 Å². The molecule has 0 saturated carbocycles. The summed E-state index contributed by atoms with van der Waals surface area (Å²) in [7, 11) is 0. The van der Waals surface area contributed by atoms with Gasteiger partial charge in [-0.25, -0.2) is 9.18 Å². The van der Waals surface area contributed by atoms with E-state index in [0.717, 1.165) is 5.56 Å². The standard InChI is InChI=1S/C19H20ClFN2O2/c20-15-7-4-8-16(17(15)21)22-19(25)23-11-9-14(10-12-23)18(24)13-5-2-1-3-6-13/h1-8,14,18,24H,9-12H2,(H,22,25). The van der Waals surface area contributed by atoms with Crippen molar-refractivity contribution in [2.24, 2.45) is 5.92 Å². The Morgan fingerprint density at radius 1 is 1.16 bits per heavy atom. The molecular formula is C19H20ClFN2O2. The lowest BCUT2D eigenvalue weighted by Gasteiger charge is -2.34. The van der Waals surface area contributed by atoms with Crippen LogP contribution in [0.4, 0.5) is 14.9 Å². The van der Waals surface area contributed by atoms with Crippen molar-refractivity contribution in [3.8, 4) is 0 Å². The van der Waals surface area contributed by atoms with Gasteiger partial charge < -0.3 is 15.3 Å². The number of aliphatic hydroxyl groups is 1. The maximum Gasteiger partial charge on any atom is 0.321 e. The molecule has 0 aliphatic carbocycles. The van der Waals surface area contributed by atoms with Crippen molar-refractivity contribution >= 4 is 23.3 Å². The van der Waals surface area contributed by atoms with Gasteiger partial charge in [-0.05, 0) is 36.5 Å². The van der Waals surface area contributed by atoms with Gasteiger partial charge in [0.2, 0.25) is 0 Å². The van der Waals surface area contributed by atoms with E-state index in [4.69, 9.17) is 11.6 Å². The summed E-state index contributed by atoms with van der Waals surface area (Å²) in [5, 5.41) is 13.0. The number of benzene rings is 2. The van der Waals surface area contributed by atoms with Crippen LogP contribution in [-0.4, -0.2) is 29.1 Å². The Bertz CT molecular complexity index is 733. The van der Waals surface area contributed by atoms with Gasteiger partial charge in [0.15, 0.2) is 5.82 Å². The van der Waals surface area contributed by atoms with Gasteiger partial charge in [0, 0.05) is 13.1 Å². The maximum atomic E-state index is 13.9. The molecule has 6 heteroatoms. The number of urea groups is 1. The lowest BCUT2D eigenvalue weighted by Crippen LogP contribution is -2.42. The van der Waals surface area contributed by atoms with Crippen LogP contribution in [0, 0.1) is 11.7 Å². The number of anilines is 1. The Kier molecular flexibility index (Phi) is 5.56. The quantitative estimate of drug-likeness (QED) is 0.847. The molecule has 1 aliphatic heterocycles. The van der Waals surface area contributed by atoms with Crippen LogP contribution in [0.2, 0.25) is 5.02 Å². The van der Waals surface area contributed by atoms with Gasteiger partial charge in [0.1, 0.15) is 0 Å². The largest absolute Gasteiger partial charge is 0.388 e. The van der Waals surface area contributed by atoms with E-state index in [-0.39, 0.29) is 22.7 Å². The highest BCUT2D eigenvalue weighted by atomic mass is 35.5. The molecule has 132 valence electrons. The number of amides is 2.